The number of methoxy groups -OCH3 is 1. The van der Waals surface area contributed by atoms with Crippen molar-refractivity contribution in [2.24, 2.45) is 0 Å². The first-order valence-electron chi connectivity index (χ1n) is 7.27. The SMILES string of the molecule is COc1ccc(-n2cc(N)c(C3CCCCC3)n2)cc1. The zero-order chi connectivity index (χ0) is 13.9. The van der Waals surface area contributed by atoms with Gasteiger partial charge >= 0.3 is 0 Å². The second-order valence-corrected chi connectivity index (χ2v) is 5.45. The number of nitrogen functional groups attached to an aromatic ring is 1. The van der Waals surface area contributed by atoms with Gasteiger partial charge in [-0.25, -0.2) is 4.68 Å². The van der Waals surface area contributed by atoms with Crippen molar-refractivity contribution in [2.75, 3.05) is 12.8 Å². The first kappa shape index (κ1) is 13.0. The maximum atomic E-state index is 6.16. The molecule has 0 unspecified atom stereocenters. The van der Waals surface area contributed by atoms with Gasteiger partial charge in [0, 0.05) is 5.92 Å². The van der Waals surface area contributed by atoms with Gasteiger partial charge in [-0.05, 0) is 37.1 Å². The maximum absolute atomic E-state index is 6.16. The molecule has 3 rings (SSSR count). The third-order valence-corrected chi connectivity index (χ3v) is 4.10. The predicted octanol–water partition coefficient (Wildman–Crippen LogP) is 3.51. The number of nitrogens with two attached hydrogens (primary N) is 1. The van der Waals surface area contributed by atoms with Gasteiger partial charge < -0.3 is 10.5 Å². The van der Waals surface area contributed by atoms with Gasteiger partial charge in [0.15, 0.2) is 0 Å². The van der Waals surface area contributed by atoms with E-state index in [-0.39, 0.29) is 0 Å². The molecule has 1 saturated carbocycles. The fourth-order valence-electron chi connectivity index (χ4n) is 2.96. The Balaban J connectivity index is 1.86. The molecule has 1 aromatic carbocycles. The van der Waals surface area contributed by atoms with E-state index in [4.69, 9.17) is 15.6 Å². The summed E-state index contributed by atoms with van der Waals surface area (Å²) in [6, 6.07) is 7.87. The van der Waals surface area contributed by atoms with Gasteiger partial charge in [0.25, 0.3) is 0 Å². The van der Waals surface area contributed by atoms with E-state index in [2.05, 4.69) is 0 Å². The molecule has 2 aromatic rings. The lowest BCUT2D eigenvalue weighted by atomic mass is 9.86. The number of aromatic nitrogens is 2. The van der Waals surface area contributed by atoms with E-state index in [1.165, 1.54) is 32.1 Å². The van der Waals surface area contributed by atoms with Gasteiger partial charge in [-0.15, -0.1) is 0 Å². The van der Waals surface area contributed by atoms with E-state index in [1.807, 2.05) is 35.1 Å². The molecule has 0 spiro atoms. The Morgan fingerprint density at radius 3 is 2.50 bits per heavy atom. The third-order valence-electron chi connectivity index (χ3n) is 4.10. The normalized spacial score (nSPS) is 16.2. The van der Waals surface area contributed by atoms with Crippen LogP contribution in [0.1, 0.15) is 43.7 Å². The fourth-order valence-corrected chi connectivity index (χ4v) is 2.96. The largest absolute Gasteiger partial charge is 0.497 e. The molecule has 0 aliphatic heterocycles. The molecule has 0 bridgehead atoms. The van der Waals surface area contributed by atoms with Crippen LogP contribution in [-0.4, -0.2) is 16.9 Å². The van der Waals surface area contributed by atoms with Crippen LogP contribution < -0.4 is 10.5 Å². The monoisotopic (exact) mass is 271 g/mol. The van der Waals surface area contributed by atoms with E-state index in [0.717, 1.165) is 22.8 Å². The van der Waals surface area contributed by atoms with Crippen molar-refractivity contribution in [3.63, 3.8) is 0 Å². The van der Waals surface area contributed by atoms with Gasteiger partial charge in [0.2, 0.25) is 0 Å². The summed E-state index contributed by atoms with van der Waals surface area (Å²) in [6.45, 7) is 0. The highest BCUT2D eigenvalue weighted by Crippen LogP contribution is 2.34. The molecule has 1 heterocycles. The minimum atomic E-state index is 0.531. The van der Waals surface area contributed by atoms with E-state index in [9.17, 15) is 0 Å². The van der Waals surface area contributed by atoms with Crippen molar-refractivity contribution in [1.29, 1.82) is 0 Å². The van der Waals surface area contributed by atoms with Crippen molar-refractivity contribution in [3.05, 3.63) is 36.2 Å². The Bertz CT molecular complexity index is 568. The average molecular weight is 271 g/mol. The van der Waals surface area contributed by atoms with Crippen molar-refractivity contribution < 1.29 is 4.74 Å². The van der Waals surface area contributed by atoms with E-state index < -0.39 is 0 Å². The van der Waals surface area contributed by atoms with Gasteiger partial charge in [0.05, 0.1) is 30.4 Å². The molecule has 0 atom stereocenters. The van der Waals surface area contributed by atoms with Crippen LogP contribution in [0.25, 0.3) is 5.69 Å². The molecule has 4 nitrogen and oxygen atoms in total. The van der Waals surface area contributed by atoms with Crippen LogP contribution in [0, 0.1) is 0 Å². The van der Waals surface area contributed by atoms with Crippen LogP contribution in [0.15, 0.2) is 30.5 Å². The van der Waals surface area contributed by atoms with Crippen molar-refractivity contribution in [3.8, 4) is 11.4 Å². The van der Waals surface area contributed by atoms with Crippen LogP contribution in [-0.2, 0) is 0 Å². The summed E-state index contributed by atoms with van der Waals surface area (Å²) in [6.07, 6.45) is 8.27. The summed E-state index contributed by atoms with van der Waals surface area (Å²) in [5.74, 6) is 1.38. The molecular formula is C16H21N3O. The molecule has 1 fully saturated rings. The number of hydrogen-bond acceptors (Lipinski definition) is 3. The molecule has 0 saturated heterocycles. The van der Waals surface area contributed by atoms with Gasteiger partial charge in [-0.1, -0.05) is 19.3 Å². The van der Waals surface area contributed by atoms with E-state index >= 15 is 0 Å². The quantitative estimate of drug-likeness (QED) is 0.929. The smallest absolute Gasteiger partial charge is 0.119 e. The molecule has 20 heavy (non-hydrogen) atoms. The number of benzene rings is 1. The first-order chi connectivity index (χ1) is 9.78. The molecule has 106 valence electrons. The summed E-state index contributed by atoms with van der Waals surface area (Å²) in [7, 11) is 1.67. The lowest BCUT2D eigenvalue weighted by Crippen LogP contribution is -2.07. The number of ether oxygens (including phenoxy) is 1. The Morgan fingerprint density at radius 1 is 1.15 bits per heavy atom. The molecule has 0 radical (unpaired) electrons. The maximum Gasteiger partial charge on any atom is 0.119 e. The van der Waals surface area contributed by atoms with Gasteiger partial charge in [-0.2, -0.15) is 5.10 Å². The average Bonchev–Trinajstić information content (AvgIpc) is 2.90. The highest BCUT2D eigenvalue weighted by atomic mass is 16.5. The zero-order valence-corrected chi connectivity index (χ0v) is 11.9. The molecule has 1 aliphatic carbocycles. The Hall–Kier alpha value is -1.97. The predicted molar refractivity (Wildman–Crippen MR) is 80.4 cm³/mol. The number of hydrogen-bond donors (Lipinski definition) is 1. The topological polar surface area (TPSA) is 53.1 Å². The van der Waals surface area contributed by atoms with Crippen LogP contribution in [0.5, 0.6) is 5.75 Å². The lowest BCUT2D eigenvalue weighted by Gasteiger charge is -2.20. The molecule has 2 N–H and O–H groups in total. The minimum absolute atomic E-state index is 0.531. The third kappa shape index (κ3) is 2.50. The summed E-state index contributed by atoms with van der Waals surface area (Å²) >= 11 is 0. The van der Waals surface area contributed by atoms with Crippen LogP contribution >= 0.6 is 0 Å². The van der Waals surface area contributed by atoms with Crippen molar-refractivity contribution >= 4 is 5.69 Å². The second-order valence-electron chi connectivity index (χ2n) is 5.45. The summed E-state index contributed by atoms with van der Waals surface area (Å²) < 4.78 is 7.05. The fraction of sp³-hybridized carbons (Fsp3) is 0.438. The number of rotatable bonds is 3. The Labute approximate surface area is 119 Å². The summed E-state index contributed by atoms with van der Waals surface area (Å²) in [5, 5.41) is 4.71. The molecule has 0 amide bonds. The lowest BCUT2D eigenvalue weighted by molar-refractivity contribution is 0.414. The highest BCUT2D eigenvalue weighted by Gasteiger charge is 2.21. The van der Waals surface area contributed by atoms with Crippen LogP contribution in [0.4, 0.5) is 5.69 Å². The number of nitrogens with zero attached hydrogens (tertiary/aromatic N) is 2. The van der Waals surface area contributed by atoms with E-state index in [1.54, 1.807) is 7.11 Å². The molecular weight excluding hydrogens is 250 g/mol. The van der Waals surface area contributed by atoms with Gasteiger partial charge in [-0.3, -0.25) is 0 Å². The minimum Gasteiger partial charge on any atom is -0.497 e. The zero-order valence-electron chi connectivity index (χ0n) is 11.9. The molecule has 1 aliphatic rings. The van der Waals surface area contributed by atoms with Crippen molar-refractivity contribution in [1.82, 2.24) is 9.78 Å². The number of anilines is 1. The summed E-state index contributed by atoms with van der Waals surface area (Å²) in [4.78, 5) is 0. The summed E-state index contributed by atoms with van der Waals surface area (Å²) in [5.41, 5.74) is 9.05. The first-order valence-corrected chi connectivity index (χ1v) is 7.27. The standard InChI is InChI=1S/C16H21N3O/c1-20-14-9-7-13(8-10-14)19-11-15(17)16(18-19)12-5-3-2-4-6-12/h7-12H,2-6,17H2,1H3. The second kappa shape index (κ2) is 5.57. The van der Waals surface area contributed by atoms with E-state index in [0.29, 0.717) is 5.92 Å². The Morgan fingerprint density at radius 2 is 1.85 bits per heavy atom. The Kier molecular flexibility index (Phi) is 3.63. The molecule has 1 aromatic heterocycles. The molecule has 4 heteroatoms. The van der Waals surface area contributed by atoms with Crippen LogP contribution in [0.2, 0.25) is 0 Å². The van der Waals surface area contributed by atoms with Gasteiger partial charge in [0.1, 0.15) is 5.75 Å². The van der Waals surface area contributed by atoms with Crippen LogP contribution in [0.3, 0.4) is 0 Å². The highest BCUT2D eigenvalue weighted by molar-refractivity contribution is 5.47. The van der Waals surface area contributed by atoms with Crippen molar-refractivity contribution in [2.45, 2.75) is 38.0 Å².